The zero-order chi connectivity index (χ0) is 15.4. The van der Waals surface area contributed by atoms with Crippen molar-refractivity contribution in [3.8, 4) is 5.75 Å². The van der Waals surface area contributed by atoms with E-state index in [1.807, 2.05) is 34.7 Å². The number of methoxy groups -OCH3 is 1. The lowest BCUT2D eigenvalue weighted by molar-refractivity contribution is -0.385. The third-order valence-electron chi connectivity index (χ3n) is 2.91. The molecule has 0 heterocycles. The van der Waals surface area contributed by atoms with E-state index in [0.717, 1.165) is 11.3 Å². The Balaban J connectivity index is 2.17. The first-order chi connectivity index (χ1) is 10.0. The van der Waals surface area contributed by atoms with Gasteiger partial charge in [0.25, 0.3) is 5.69 Å². The van der Waals surface area contributed by atoms with E-state index in [-0.39, 0.29) is 5.69 Å². The second kappa shape index (κ2) is 6.95. The quantitative estimate of drug-likeness (QED) is 0.442. The lowest BCUT2D eigenvalue weighted by Crippen LogP contribution is -2.03. The van der Waals surface area contributed by atoms with E-state index in [2.05, 4.69) is 5.32 Å². The van der Waals surface area contributed by atoms with Crippen molar-refractivity contribution in [1.82, 2.24) is 0 Å². The molecule has 0 aliphatic heterocycles. The summed E-state index contributed by atoms with van der Waals surface area (Å²) >= 11 is 8.11. The SMILES string of the molecule is COc1cccc(Cl)c1CNc1ccc([N+](=O)[O-])c(I)c1. The predicted octanol–water partition coefficient (Wildman–Crippen LogP) is 4.47. The zero-order valence-corrected chi connectivity index (χ0v) is 14.0. The van der Waals surface area contributed by atoms with Crippen molar-refractivity contribution in [2.45, 2.75) is 6.54 Å². The number of hydrogen-bond donors (Lipinski definition) is 1. The van der Waals surface area contributed by atoms with E-state index in [1.54, 1.807) is 25.3 Å². The van der Waals surface area contributed by atoms with Gasteiger partial charge in [-0.05, 0) is 46.9 Å². The second-order valence-electron chi connectivity index (χ2n) is 4.20. The fraction of sp³-hybridized carbons (Fsp3) is 0.143. The van der Waals surface area contributed by atoms with Gasteiger partial charge in [0, 0.05) is 28.9 Å². The summed E-state index contributed by atoms with van der Waals surface area (Å²) in [6.45, 7) is 0.469. The molecule has 0 saturated carbocycles. The summed E-state index contributed by atoms with van der Waals surface area (Å²) in [6.07, 6.45) is 0. The van der Waals surface area contributed by atoms with Crippen molar-refractivity contribution in [1.29, 1.82) is 0 Å². The van der Waals surface area contributed by atoms with Crippen LogP contribution in [0.3, 0.4) is 0 Å². The van der Waals surface area contributed by atoms with Gasteiger partial charge in [0.05, 0.1) is 15.6 Å². The van der Waals surface area contributed by atoms with Gasteiger partial charge in [-0.25, -0.2) is 0 Å². The monoisotopic (exact) mass is 418 g/mol. The molecule has 21 heavy (non-hydrogen) atoms. The van der Waals surface area contributed by atoms with E-state index < -0.39 is 4.92 Å². The van der Waals surface area contributed by atoms with Crippen LogP contribution in [0.2, 0.25) is 5.02 Å². The van der Waals surface area contributed by atoms with Crippen molar-refractivity contribution in [3.05, 3.63) is 60.7 Å². The highest BCUT2D eigenvalue weighted by Gasteiger charge is 2.12. The highest BCUT2D eigenvalue weighted by molar-refractivity contribution is 14.1. The van der Waals surface area contributed by atoms with E-state index in [1.165, 1.54) is 6.07 Å². The molecule has 7 heteroatoms. The molecule has 0 radical (unpaired) electrons. The number of ether oxygens (including phenoxy) is 1. The minimum Gasteiger partial charge on any atom is -0.496 e. The van der Waals surface area contributed by atoms with Gasteiger partial charge in [0.1, 0.15) is 5.75 Å². The Bertz CT molecular complexity index is 679. The number of rotatable bonds is 5. The van der Waals surface area contributed by atoms with Crippen LogP contribution in [-0.2, 0) is 6.54 Å². The van der Waals surface area contributed by atoms with Crippen LogP contribution in [0.1, 0.15) is 5.56 Å². The van der Waals surface area contributed by atoms with Gasteiger partial charge in [-0.2, -0.15) is 0 Å². The van der Waals surface area contributed by atoms with Crippen molar-refractivity contribution in [2.24, 2.45) is 0 Å². The molecule has 5 nitrogen and oxygen atoms in total. The van der Waals surface area contributed by atoms with Crippen LogP contribution in [0.4, 0.5) is 11.4 Å². The molecule has 0 saturated heterocycles. The lowest BCUT2D eigenvalue weighted by atomic mass is 10.2. The maximum Gasteiger partial charge on any atom is 0.282 e. The van der Waals surface area contributed by atoms with Gasteiger partial charge in [-0.3, -0.25) is 10.1 Å². The Morgan fingerprint density at radius 2 is 2.14 bits per heavy atom. The Morgan fingerprint density at radius 1 is 1.38 bits per heavy atom. The largest absolute Gasteiger partial charge is 0.496 e. The molecule has 0 unspecified atom stereocenters. The van der Waals surface area contributed by atoms with Crippen LogP contribution in [0.15, 0.2) is 36.4 Å². The topological polar surface area (TPSA) is 64.4 Å². The Labute approximate surface area is 140 Å². The van der Waals surface area contributed by atoms with Crippen molar-refractivity contribution >= 4 is 45.6 Å². The van der Waals surface area contributed by atoms with Crippen molar-refractivity contribution in [3.63, 3.8) is 0 Å². The summed E-state index contributed by atoms with van der Waals surface area (Å²) in [6, 6.07) is 10.3. The van der Waals surface area contributed by atoms with E-state index in [9.17, 15) is 10.1 Å². The number of benzene rings is 2. The first kappa shape index (κ1) is 15.8. The van der Waals surface area contributed by atoms with E-state index >= 15 is 0 Å². The van der Waals surface area contributed by atoms with Gasteiger partial charge in [0.2, 0.25) is 0 Å². The molecule has 0 fully saturated rings. The predicted molar refractivity (Wildman–Crippen MR) is 91.1 cm³/mol. The standard InChI is InChI=1S/C14H12ClIN2O3/c1-21-14-4-2-3-11(15)10(14)8-17-9-5-6-13(18(19)20)12(16)7-9/h2-7,17H,8H2,1H3. The molecule has 0 bridgehead atoms. The number of nitrogens with zero attached hydrogens (tertiary/aromatic N) is 1. The Hall–Kier alpha value is -1.54. The first-order valence-corrected chi connectivity index (χ1v) is 7.47. The Morgan fingerprint density at radius 3 is 2.76 bits per heavy atom. The smallest absolute Gasteiger partial charge is 0.282 e. The molecular weight excluding hydrogens is 407 g/mol. The van der Waals surface area contributed by atoms with Gasteiger partial charge in [0.15, 0.2) is 0 Å². The van der Waals surface area contributed by atoms with Gasteiger partial charge in [-0.1, -0.05) is 17.7 Å². The van der Waals surface area contributed by atoms with Crippen LogP contribution in [-0.4, -0.2) is 12.0 Å². The van der Waals surface area contributed by atoms with Crippen molar-refractivity contribution < 1.29 is 9.66 Å². The van der Waals surface area contributed by atoms with Gasteiger partial charge >= 0.3 is 0 Å². The third kappa shape index (κ3) is 3.76. The number of anilines is 1. The number of hydrogen-bond acceptors (Lipinski definition) is 4. The van der Waals surface area contributed by atoms with Crippen molar-refractivity contribution in [2.75, 3.05) is 12.4 Å². The summed E-state index contributed by atoms with van der Waals surface area (Å²) in [5, 5.41) is 14.6. The number of nitro benzene ring substituents is 1. The third-order valence-corrected chi connectivity index (χ3v) is 4.13. The van der Waals surface area contributed by atoms with E-state index in [4.69, 9.17) is 16.3 Å². The molecule has 2 aromatic carbocycles. The average molecular weight is 419 g/mol. The molecule has 110 valence electrons. The minimum absolute atomic E-state index is 0.0940. The van der Waals surface area contributed by atoms with Crippen LogP contribution < -0.4 is 10.1 Å². The summed E-state index contributed by atoms with van der Waals surface area (Å²) in [5.41, 5.74) is 1.72. The molecule has 0 aliphatic rings. The first-order valence-electron chi connectivity index (χ1n) is 6.02. The lowest BCUT2D eigenvalue weighted by Gasteiger charge is -2.12. The van der Waals surface area contributed by atoms with Gasteiger partial charge < -0.3 is 10.1 Å². The highest BCUT2D eigenvalue weighted by Crippen LogP contribution is 2.28. The minimum atomic E-state index is -0.400. The summed E-state index contributed by atoms with van der Waals surface area (Å²) in [5.74, 6) is 0.701. The number of nitrogens with one attached hydrogen (secondary N) is 1. The van der Waals surface area contributed by atoms with E-state index in [0.29, 0.717) is 20.9 Å². The molecule has 0 spiro atoms. The normalized spacial score (nSPS) is 10.2. The molecule has 0 amide bonds. The molecule has 0 atom stereocenters. The molecule has 0 aliphatic carbocycles. The maximum atomic E-state index is 10.8. The van der Waals surface area contributed by atoms with Crippen LogP contribution in [0.5, 0.6) is 5.75 Å². The van der Waals surface area contributed by atoms with Crippen LogP contribution >= 0.6 is 34.2 Å². The van der Waals surface area contributed by atoms with Gasteiger partial charge in [-0.15, -0.1) is 0 Å². The molecular formula is C14H12ClIN2O3. The molecule has 2 aromatic rings. The molecule has 2 rings (SSSR count). The molecule has 1 N–H and O–H groups in total. The Kier molecular flexibility index (Phi) is 5.24. The molecule has 0 aromatic heterocycles. The average Bonchev–Trinajstić information content (AvgIpc) is 2.45. The summed E-state index contributed by atoms with van der Waals surface area (Å²) < 4.78 is 5.85. The van der Waals surface area contributed by atoms with Crippen LogP contribution in [0.25, 0.3) is 0 Å². The summed E-state index contributed by atoms with van der Waals surface area (Å²) in [4.78, 5) is 10.4. The summed E-state index contributed by atoms with van der Waals surface area (Å²) in [7, 11) is 1.59. The number of halogens is 2. The number of nitro groups is 1. The second-order valence-corrected chi connectivity index (χ2v) is 5.77. The van der Waals surface area contributed by atoms with Crippen LogP contribution in [0, 0.1) is 13.7 Å². The maximum absolute atomic E-state index is 10.8. The fourth-order valence-electron chi connectivity index (χ4n) is 1.86. The zero-order valence-electron chi connectivity index (χ0n) is 11.1. The highest BCUT2D eigenvalue weighted by atomic mass is 127. The fourth-order valence-corrected chi connectivity index (χ4v) is 2.80.